The highest BCUT2D eigenvalue weighted by Gasteiger charge is 2.40. The van der Waals surface area contributed by atoms with Crippen LogP contribution in [0.1, 0.15) is 32.6 Å². The van der Waals surface area contributed by atoms with Gasteiger partial charge in [0.05, 0.1) is 18.7 Å². The minimum Gasteiger partial charge on any atom is -0.491 e. The van der Waals surface area contributed by atoms with Gasteiger partial charge in [-0.15, -0.1) is 0 Å². The number of nitrogens with one attached hydrogen (secondary N) is 1. The lowest BCUT2D eigenvalue weighted by Gasteiger charge is -2.13. The number of carbonyl (C=O) groups is 1. The Morgan fingerprint density at radius 2 is 2.16 bits per heavy atom. The molecule has 4 heteroatoms. The van der Waals surface area contributed by atoms with E-state index in [1.54, 1.807) is 6.07 Å². The summed E-state index contributed by atoms with van der Waals surface area (Å²) in [7, 11) is 0. The van der Waals surface area contributed by atoms with Crippen LogP contribution in [0, 0.1) is 5.41 Å². The molecule has 19 heavy (non-hydrogen) atoms. The second-order valence-corrected chi connectivity index (χ2v) is 5.27. The summed E-state index contributed by atoms with van der Waals surface area (Å²) in [5.41, 5.74) is 6.75. The van der Waals surface area contributed by atoms with Crippen molar-refractivity contribution in [2.45, 2.75) is 32.6 Å². The zero-order valence-corrected chi connectivity index (χ0v) is 11.4. The van der Waals surface area contributed by atoms with E-state index < -0.39 is 0 Å². The maximum absolute atomic E-state index is 11.7. The van der Waals surface area contributed by atoms with Crippen LogP contribution in [0.5, 0.6) is 5.75 Å². The lowest BCUT2D eigenvalue weighted by molar-refractivity contribution is -0.121. The molecule has 0 atom stereocenters. The van der Waals surface area contributed by atoms with Crippen LogP contribution in [0.3, 0.4) is 0 Å². The highest BCUT2D eigenvalue weighted by molar-refractivity contribution is 5.76. The smallest absolute Gasteiger partial charge is 0.223 e. The Balaban J connectivity index is 1.65. The van der Waals surface area contributed by atoms with E-state index in [1.807, 2.05) is 18.2 Å². The number of carbonyl (C=O) groups excluding carboxylic acids is 1. The SMILES string of the molecule is CCC1(CNC(=O)CCOc2ccccc2N)CC1. The summed E-state index contributed by atoms with van der Waals surface area (Å²) in [6, 6.07) is 7.32. The number of para-hydroxylation sites is 2. The quantitative estimate of drug-likeness (QED) is 0.741. The molecule has 0 radical (unpaired) electrons. The van der Waals surface area contributed by atoms with E-state index in [2.05, 4.69) is 12.2 Å². The first kappa shape index (κ1) is 13.7. The van der Waals surface area contributed by atoms with E-state index in [0.717, 1.165) is 13.0 Å². The Morgan fingerprint density at radius 1 is 1.42 bits per heavy atom. The molecule has 1 aromatic carbocycles. The van der Waals surface area contributed by atoms with E-state index in [1.165, 1.54) is 12.8 Å². The van der Waals surface area contributed by atoms with Gasteiger partial charge in [-0.3, -0.25) is 4.79 Å². The number of hydrogen-bond donors (Lipinski definition) is 2. The molecule has 1 aliphatic rings. The van der Waals surface area contributed by atoms with Crippen molar-refractivity contribution in [3.63, 3.8) is 0 Å². The molecule has 0 heterocycles. The molecule has 2 rings (SSSR count). The van der Waals surface area contributed by atoms with Crippen molar-refractivity contribution in [1.82, 2.24) is 5.32 Å². The minimum atomic E-state index is 0.0502. The number of rotatable bonds is 7. The molecule has 0 aromatic heterocycles. The number of amides is 1. The van der Waals surface area contributed by atoms with E-state index in [9.17, 15) is 4.79 Å². The summed E-state index contributed by atoms with van der Waals surface area (Å²) in [6.45, 7) is 3.34. The molecule has 0 bridgehead atoms. The molecular formula is C15H22N2O2. The van der Waals surface area contributed by atoms with Crippen LogP contribution in [0.25, 0.3) is 0 Å². The lowest BCUT2D eigenvalue weighted by atomic mass is 10.0. The van der Waals surface area contributed by atoms with Gasteiger partial charge in [0, 0.05) is 6.54 Å². The van der Waals surface area contributed by atoms with Crippen LogP contribution >= 0.6 is 0 Å². The highest BCUT2D eigenvalue weighted by Crippen LogP contribution is 2.47. The molecule has 0 unspecified atom stereocenters. The van der Waals surface area contributed by atoms with Crippen molar-refractivity contribution in [1.29, 1.82) is 0 Å². The maximum atomic E-state index is 11.7. The van der Waals surface area contributed by atoms with Crippen LogP contribution in [-0.4, -0.2) is 19.1 Å². The van der Waals surface area contributed by atoms with Gasteiger partial charge in [-0.2, -0.15) is 0 Å². The van der Waals surface area contributed by atoms with Gasteiger partial charge in [0.1, 0.15) is 5.75 Å². The summed E-state index contributed by atoms with van der Waals surface area (Å²) in [5, 5.41) is 2.99. The van der Waals surface area contributed by atoms with E-state index in [0.29, 0.717) is 29.9 Å². The van der Waals surface area contributed by atoms with E-state index >= 15 is 0 Å². The van der Waals surface area contributed by atoms with Gasteiger partial charge in [-0.05, 0) is 36.8 Å². The van der Waals surface area contributed by atoms with Gasteiger partial charge in [0.2, 0.25) is 5.91 Å². The molecule has 4 nitrogen and oxygen atoms in total. The van der Waals surface area contributed by atoms with Crippen molar-refractivity contribution >= 4 is 11.6 Å². The van der Waals surface area contributed by atoms with E-state index in [4.69, 9.17) is 10.5 Å². The Bertz CT molecular complexity index is 442. The number of benzene rings is 1. The van der Waals surface area contributed by atoms with Crippen molar-refractivity contribution in [2.75, 3.05) is 18.9 Å². The third kappa shape index (κ3) is 3.88. The minimum absolute atomic E-state index is 0.0502. The molecule has 0 spiro atoms. The van der Waals surface area contributed by atoms with E-state index in [-0.39, 0.29) is 5.91 Å². The zero-order chi connectivity index (χ0) is 13.7. The second-order valence-electron chi connectivity index (χ2n) is 5.27. The predicted molar refractivity (Wildman–Crippen MR) is 75.9 cm³/mol. The number of hydrogen-bond acceptors (Lipinski definition) is 3. The Hall–Kier alpha value is -1.71. The first-order chi connectivity index (χ1) is 9.15. The summed E-state index contributed by atoms with van der Waals surface area (Å²) in [6.07, 6.45) is 3.99. The Labute approximate surface area is 114 Å². The number of nitrogen functional groups attached to an aromatic ring is 1. The summed E-state index contributed by atoms with van der Waals surface area (Å²) >= 11 is 0. The van der Waals surface area contributed by atoms with Crippen molar-refractivity contribution < 1.29 is 9.53 Å². The largest absolute Gasteiger partial charge is 0.491 e. The molecule has 1 aliphatic carbocycles. The molecule has 3 N–H and O–H groups in total. The van der Waals surface area contributed by atoms with Gasteiger partial charge in [0.25, 0.3) is 0 Å². The highest BCUT2D eigenvalue weighted by atomic mass is 16.5. The monoisotopic (exact) mass is 262 g/mol. The average Bonchev–Trinajstić information content (AvgIpc) is 3.19. The number of ether oxygens (including phenoxy) is 1. The average molecular weight is 262 g/mol. The number of nitrogens with two attached hydrogens (primary N) is 1. The van der Waals surface area contributed by atoms with Gasteiger partial charge >= 0.3 is 0 Å². The molecule has 1 amide bonds. The fourth-order valence-corrected chi connectivity index (χ4v) is 2.07. The van der Waals surface area contributed by atoms with Gasteiger partial charge < -0.3 is 15.8 Å². The van der Waals surface area contributed by atoms with Crippen LogP contribution in [0.2, 0.25) is 0 Å². The molecular weight excluding hydrogens is 240 g/mol. The number of anilines is 1. The summed E-state index contributed by atoms with van der Waals surface area (Å²) < 4.78 is 5.50. The molecule has 1 fully saturated rings. The molecule has 1 aromatic rings. The van der Waals surface area contributed by atoms with Gasteiger partial charge in [-0.25, -0.2) is 0 Å². The first-order valence-electron chi connectivity index (χ1n) is 6.89. The third-order valence-electron chi connectivity index (χ3n) is 3.87. The van der Waals surface area contributed by atoms with Crippen LogP contribution in [-0.2, 0) is 4.79 Å². The third-order valence-corrected chi connectivity index (χ3v) is 3.87. The summed E-state index contributed by atoms with van der Waals surface area (Å²) in [4.78, 5) is 11.7. The van der Waals surface area contributed by atoms with Crippen LogP contribution in [0.4, 0.5) is 5.69 Å². The zero-order valence-electron chi connectivity index (χ0n) is 11.4. The van der Waals surface area contributed by atoms with Crippen molar-refractivity contribution in [2.24, 2.45) is 5.41 Å². The second kappa shape index (κ2) is 5.95. The normalized spacial score (nSPS) is 15.8. The first-order valence-corrected chi connectivity index (χ1v) is 6.89. The van der Waals surface area contributed by atoms with Gasteiger partial charge in [0.15, 0.2) is 0 Å². The molecule has 104 valence electrons. The topological polar surface area (TPSA) is 64.3 Å². The van der Waals surface area contributed by atoms with Gasteiger partial charge in [-0.1, -0.05) is 19.1 Å². The van der Waals surface area contributed by atoms with Crippen molar-refractivity contribution in [3.8, 4) is 5.75 Å². The molecule has 0 aliphatic heterocycles. The predicted octanol–water partition coefficient (Wildman–Crippen LogP) is 2.34. The van der Waals surface area contributed by atoms with Crippen LogP contribution < -0.4 is 15.8 Å². The lowest BCUT2D eigenvalue weighted by Crippen LogP contribution is -2.30. The molecule has 0 saturated heterocycles. The Morgan fingerprint density at radius 3 is 2.79 bits per heavy atom. The standard InChI is InChI=1S/C15H22N2O2/c1-2-15(8-9-15)11-17-14(18)7-10-19-13-6-4-3-5-12(13)16/h3-6H,2,7-11,16H2,1H3,(H,17,18). The van der Waals surface area contributed by atoms with Crippen molar-refractivity contribution in [3.05, 3.63) is 24.3 Å². The summed E-state index contributed by atoms with van der Waals surface area (Å²) in [5.74, 6) is 0.691. The Kier molecular flexibility index (Phi) is 4.30. The fourth-order valence-electron chi connectivity index (χ4n) is 2.07. The van der Waals surface area contributed by atoms with Crippen LogP contribution in [0.15, 0.2) is 24.3 Å². The maximum Gasteiger partial charge on any atom is 0.223 e. The molecule has 1 saturated carbocycles. The fraction of sp³-hybridized carbons (Fsp3) is 0.533.